The van der Waals surface area contributed by atoms with Crippen LogP contribution in [0.1, 0.15) is 79.9 Å². The molecule has 2 fully saturated rings. The molecule has 3 atom stereocenters. The van der Waals surface area contributed by atoms with Crippen molar-refractivity contribution in [3.8, 4) is 5.75 Å². The third kappa shape index (κ3) is 6.65. The van der Waals surface area contributed by atoms with Crippen LogP contribution in [0.4, 0.5) is 13.2 Å². The van der Waals surface area contributed by atoms with Gasteiger partial charge in [-0.1, -0.05) is 19.9 Å². The Morgan fingerprint density at radius 1 is 1.11 bits per heavy atom. The van der Waals surface area contributed by atoms with Gasteiger partial charge in [0.25, 0.3) is 0 Å². The first-order valence-electron chi connectivity index (χ1n) is 13.6. The number of piperazine rings is 1. The standard InChI is InChI=1S/C28H40F3N5O2/c1-18(2)32-11-6-14-38-25-10-9-23(19(3)20(25)4)24-8-5-7-22-17-35(12-13-36(22)24)26(37)21-15-33-27(34-16-21)28(29,30)31/h9-10,15-16,18,22,24,26,32,37H,5-8,11-14,17H2,1-4H3/t22?,24-,26?/m1/s1. The fourth-order valence-corrected chi connectivity index (χ4v) is 5.64. The number of hydrogen-bond acceptors (Lipinski definition) is 7. The predicted molar refractivity (Wildman–Crippen MR) is 140 cm³/mol. The number of benzene rings is 1. The minimum atomic E-state index is -4.60. The number of halogens is 3. The molecule has 10 heteroatoms. The molecule has 4 rings (SSSR count). The van der Waals surface area contributed by atoms with Crippen LogP contribution in [0.2, 0.25) is 0 Å². The highest BCUT2D eigenvalue weighted by molar-refractivity contribution is 5.45. The van der Waals surface area contributed by atoms with Crippen LogP contribution in [0.3, 0.4) is 0 Å². The van der Waals surface area contributed by atoms with E-state index in [0.717, 1.165) is 56.9 Å². The first kappa shape index (κ1) is 28.7. The van der Waals surface area contributed by atoms with Gasteiger partial charge in [-0.2, -0.15) is 13.2 Å². The molecule has 0 saturated carbocycles. The normalized spacial score (nSPS) is 21.9. The lowest BCUT2D eigenvalue weighted by Gasteiger charge is -2.49. The maximum absolute atomic E-state index is 12.8. The third-order valence-corrected chi connectivity index (χ3v) is 7.81. The minimum Gasteiger partial charge on any atom is -0.493 e. The van der Waals surface area contributed by atoms with Crippen molar-refractivity contribution in [2.24, 2.45) is 0 Å². The molecule has 0 amide bonds. The van der Waals surface area contributed by atoms with Gasteiger partial charge in [0.1, 0.15) is 12.0 Å². The van der Waals surface area contributed by atoms with Crippen molar-refractivity contribution in [2.45, 2.75) is 83.9 Å². The van der Waals surface area contributed by atoms with Crippen LogP contribution < -0.4 is 10.1 Å². The molecule has 2 aromatic rings. The van der Waals surface area contributed by atoms with Gasteiger partial charge in [0.15, 0.2) is 0 Å². The summed E-state index contributed by atoms with van der Waals surface area (Å²) in [6.07, 6.45) is 0.657. The SMILES string of the molecule is Cc1c(OCCCNC(C)C)ccc([C@H]2CCCC3CN(C(O)c4cnc(C(F)(F)F)nc4)CCN32)c1C. The number of piperidine rings is 1. The van der Waals surface area contributed by atoms with Gasteiger partial charge in [-0.25, -0.2) is 9.97 Å². The summed E-state index contributed by atoms with van der Waals surface area (Å²) in [4.78, 5) is 11.3. The molecule has 2 N–H and O–H groups in total. The summed E-state index contributed by atoms with van der Waals surface area (Å²) in [5.41, 5.74) is 4.04. The van der Waals surface area contributed by atoms with Crippen LogP contribution in [0.5, 0.6) is 5.75 Å². The monoisotopic (exact) mass is 535 g/mol. The van der Waals surface area contributed by atoms with Gasteiger partial charge in [-0.15, -0.1) is 0 Å². The van der Waals surface area contributed by atoms with Gasteiger partial charge in [-0.05, 0) is 68.8 Å². The van der Waals surface area contributed by atoms with E-state index in [4.69, 9.17) is 4.74 Å². The Labute approximate surface area is 223 Å². The van der Waals surface area contributed by atoms with Crippen LogP contribution in [-0.4, -0.2) is 69.7 Å². The Morgan fingerprint density at radius 2 is 1.84 bits per heavy atom. The van der Waals surface area contributed by atoms with Gasteiger partial charge in [0, 0.05) is 55.7 Å². The van der Waals surface area contributed by atoms with E-state index in [1.807, 2.05) is 4.90 Å². The zero-order valence-corrected chi connectivity index (χ0v) is 22.8. The highest BCUT2D eigenvalue weighted by Gasteiger charge is 2.39. The van der Waals surface area contributed by atoms with Gasteiger partial charge in [0.2, 0.25) is 5.82 Å². The number of fused-ring (bicyclic) bond motifs is 1. The fourth-order valence-electron chi connectivity index (χ4n) is 5.64. The van der Waals surface area contributed by atoms with Crippen molar-refractivity contribution in [1.29, 1.82) is 0 Å². The van der Waals surface area contributed by atoms with E-state index < -0.39 is 18.2 Å². The molecule has 38 heavy (non-hydrogen) atoms. The van der Waals surface area contributed by atoms with Gasteiger partial charge in [0.05, 0.1) is 6.61 Å². The Balaban J connectivity index is 1.39. The lowest BCUT2D eigenvalue weighted by Crippen LogP contribution is -2.56. The second-order valence-electron chi connectivity index (χ2n) is 10.8. The Kier molecular flexibility index (Phi) is 9.28. The molecule has 1 aromatic heterocycles. The zero-order valence-electron chi connectivity index (χ0n) is 22.8. The second kappa shape index (κ2) is 12.3. The summed E-state index contributed by atoms with van der Waals surface area (Å²) in [7, 11) is 0. The second-order valence-corrected chi connectivity index (χ2v) is 10.8. The molecule has 2 unspecified atom stereocenters. The smallest absolute Gasteiger partial charge is 0.451 e. The summed E-state index contributed by atoms with van der Waals surface area (Å²) in [6, 6.07) is 5.34. The van der Waals surface area contributed by atoms with Crippen molar-refractivity contribution in [2.75, 3.05) is 32.8 Å². The topological polar surface area (TPSA) is 73.8 Å². The van der Waals surface area contributed by atoms with Crippen molar-refractivity contribution >= 4 is 0 Å². The van der Waals surface area contributed by atoms with Crippen LogP contribution in [-0.2, 0) is 6.18 Å². The Morgan fingerprint density at radius 3 is 2.53 bits per heavy atom. The largest absolute Gasteiger partial charge is 0.493 e. The number of alkyl halides is 3. The summed E-state index contributed by atoms with van der Waals surface area (Å²) >= 11 is 0. The molecule has 0 radical (unpaired) electrons. The molecule has 2 aliphatic rings. The molecule has 1 aromatic carbocycles. The molecule has 7 nitrogen and oxygen atoms in total. The first-order chi connectivity index (χ1) is 18.1. The maximum atomic E-state index is 12.8. The summed E-state index contributed by atoms with van der Waals surface area (Å²) in [6.45, 7) is 12.2. The van der Waals surface area contributed by atoms with Gasteiger partial charge >= 0.3 is 6.18 Å². The van der Waals surface area contributed by atoms with E-state index in [1.54, 1.807) is 0 Å². The number of hydrogen-bond donors (Lipinski definition) is 2. The zero-order chi connectivity index (χ0) is 27.4. The number of nitrogens with zero attached hydrogens (tertiary/aromatic N) is 4. The molecule has 3 heterocycles. The number of aromatic nitrogens is 2. The fraction of sp³-hybridized carbons (Fsp3) is 0.643. The summed E-state index contributed by atoms with van der Waals surface area (Å²) < 4.78 is 44.5. The predicted octanol–water partition coefficient (Wildman–Crippen LogP) is 4.78. The molecule has 2 aliphatic heterocycles. The van der Waals surface area contributed by atoms with E-state index in [9.17, 15) is 18.3 Å². The minimum absolute atomic E-state index is 0.261. The van der Waals surface area contributed by atoms with Crippen molar-refractivity contribution in [3.05, 3.63) is 52.6 Å². The summed E-state index contributed by atoms with van der Waals surface area (Å²) in [5, 5.41) is 14.3. The average Bonchev–Trinajstić information content (AvgIpc) is 2.89. The van der Waals surface area contributed by atoms with Gasteiger partial charge < -0.3 is 15.2 Å². The van der Waals surface area contributed by atoms with E-state index in [-0.39, 0.29) is 11.6 Å². The molecular formula is C28H40F3N5O2. The van der Waals surface area contributed by atoms with Crippen LogP contribution >= 0.6 is 0 Å². The van der Waals surface area contributed by atoms with Crippen LogP contribution in [0.15, 0.2) is 24.5 Å². The van der Waals surface area contributed by atoms with E-state index >= 15 is 0 Å². The molecule has 210 valence electrons. The molecule has 0 bridgehead atoms. The highest BCUT2D eigenvalue weighted by atomic mass is 19.4. The number of rotatable bonds is 9. The van der Waals surface area contributed by atoms with Crippen LogP contribution in [0, 0.1) is 13.8 Å². The number of nitrogens with one attached hydrogen (secondary N) is 1. The lowest BCUT2D eigenvalue weighted by molar-refractivity contribution is -0.145. The molecule has 2 saturated heterocycles. The molecular weight excluding hydrogens is 495 g/mol. The quantitative estimate of drug-likeness (QED) is 0.448. The Hall–Kier alpha value is -2.27. The first-order valence-corrected chi connectivity index (χ1v) is 13.6. The van der Waals surface area contributed by atoms with Gasteiger partial charge in [-0.3, -0.25) is 9.80 Å². The van der Waals surface area contributed by atoms with E-state index in [2.05, 4.69) is 60.0 Å². The maximum Gasteiger partial charge on any atom is 0.451 e. The van der Waals surface area contributed by atoms with Crippen LogP contribution in [0.25, 0.3) is 0 Å². The number of ether oxygens (including phenoxy) is 1. The van der Waals surface area contributed by atoms with E-state index in [0.29, 0.717) is 31.8 Å². The average molecular weight is 536 g/mol. The molecule has 0 aliphatic carbocycles. The highest BCUT2D eigenvalue weighted by Crippen LogP contribution is 2.40. The van der Waals surface area contributed by atoms with Crippen molar-refractivity contribution in [3.63, 3.8) is 0 Å². The Bertz CT molecular complexity index is 1060. The third-order valence-electron chi connectivity index (χ3n) is 7.81. The number of aliphatic hydroxyl groups is 1. The lowest BCUT2D eigenvalue weighted by atomic mass is 9.86. The molecule has 0 spiro atoms. The van der Waals surface area contributed by atoms with Crippen molar-refractivity contribution in [1.82, 2.24) is 25.1 Å². The number of aliphatic hydroxyl groups excluding tert-OH is 1. The van der Waals surface area contributed by atoms with Crippen molar-refractivity contribution < 1.29 is 23.0 Å². The summed E-state index contributed by atoms with van der Waals surface area (Å²) in [5.74, 6) is -0.256. The van der Waals surface area contributed by atoms with E-state index in [1.165, 1.54) is 16.7 Å².